The van der Waals surface area contributed by atoms with Gasteiger partial charge in [-0.1, -0.05) is 48.5 Å². The van der Waals surface area contributed by atoms with Gasteiger partial charge in [-0.05, 0) is 47.4 Å². The van der Waals surface area contributed by atoms with Crippen LogP contribution in [0.4, 0.5) is 0 Å². The Morgan fingerprint density at radius 2 is 1.67 bits per heavy atom. The summed E-state index contributed by atoms with van der Waals surface area (Å²) in [6.07, 6.45) is 0.986. The highest BCUT2D eigenvalue weighted by atomic mass is 16.5. The maximum atomic E-state index is 12.3. The van der Waals surface area contributed by atoms with E-state index in [1.54, 1.807) is 21.1 Å². The third-order valence-corrected chi connectivity index (χ3v) is 5.20. The lowest BCUT2D eigenvalue weighted by molar-refractivity contribution is -0.121. The van der Waals surface area contributed by atoms with Crippen LogP contribution in [0, 0.1) is 0 Å². The Morgan fingerprint density at radius 1 is 0.909 bits per heavy atom. The minimum atomic E-state index is -0.223. The fraction of sp³-hybridized carbons (Fsp3) is 0.269. The number of hydrogen-bond acceptors (Lipinski definition) is 5. The summed E-state index contributed by atoms with van der Waals surface area (Å²) in [6, 6.07) is 19.5. The van der Waals surface area contributed by atoms with E-state index < -0.39 is 0 Å². The molecule has 0 spiro atoms. The van der Waals surface area contributed by atoms with Crippen molar-refractivity contribution < 1.29 is 19.1 Å². The van der Waals surface area contributed by atoms with Crippen LogP contribution in [0.25, 0.3) is 10.8 Å². The molecule has 172 valence electrons. The first-order valence-corrected chi connectivity index (χ1v) is 10.8. The number of hydrazone groups is 1. The summed E-state index contributed by atoms with van der Waals surface area (Å²) in [5.41, 5.74) is 5.05. The van der Waals surface area contributed by atoms with Crippen LogP contribution in [0.5, 0.6) is 11.5 Å². The van der Waals surface area contributed by atoms with Gasteiger partial charge in [-0.15, -0.1) is 0 Å². The molecule has 0 unspecified atom stereocenters. The summed E-state index contributed by atoms with van der Waals surface area (Å²) in [5, 5.41) is 9.08. The average Bonchev–Trinajstić information content (AvgIpc) is 2.83. The van der Waals surface area contributed by atoms with Crippen molar-refractivity contribution in [3.05, 3.63) is 71.8 Å². The molecule has 0 saturated carbocycles. The van der Waals surface area contributed by atoms with Gasteiger partial charge in [0, 0.05) is 12.3 Å². The zero-order chi connectivity index (χ0) is 23.6. The largest absolute Gasteiger partial charge is 0.493 e. The number of carbonyl (C=O) groups excluding carboxylic acids is 2. The normalized spacial score (nSPS) is 11.2. The van der Waals surface area contributed by atoms with Crippen LogP contribution < -0.4 is 20.2 Å². The van der Waals surface area contributed by atoms with Crippen LogP contribution in [-0.4, -0.2) is 38.3 Å². The molecule has 0 aliphatic rings. The van der Waals surface area contributed by atoms with Gasteiger partial charge < -0.3 is 14.8 Å². The maximum absolute atomic E-state index is 12.3. The van der Waals surface area contributed by atoms with Gasteiger partial charge in [-0.3, -0.25) is 9.59 Å². The van der Waals surface area contributed by atoms with E-state index in [1.807, 2.05) is 60.7 Å². The quantitative estimate of drug-likeness (QED) is 0.367. The van der Waals surface area contributed by atoms with Crippen LogP contribution in [-0.2, 0) is 22.4 Å². The van der Waals surface area contributed by atoms with Crippen LogP contribution in [0.15, 0.2) is 65.8 Å². The van der Waals surface area contributed by atoms with Gasteiger partial charge in [0.2, 0.25) is 11.8 Å². The van der Waals surface area contributed by atoms with Gasteiger partial charge >= 0.3 is 0 Å². The first-order chi connectivity index (χ1) is 16.0. The Balaban J connectivity index is 1.44. The highest BCUT2D eigenvalue weighted by Gasteiger charge is 2.09. The Kier molecular flexibility index (Phi) is 8.41. The molecule has 0 saturated heterocycles. The number of benzene rings is 3. The first-order valence-electron chi connectivity index (χ1n) is 10.8. The van der Waals surface area contributed by atoms with Crippen LogP contribution in [0.2, 0.25) is 0 Å². The zero-order valence-electron chi connectivity index (χ0n) is 19.2. The van der Waals surface area contributed by atoms with Crippen LogP contribution >= 0.6 is 0 Å². The minimum Gasteiger partial charge on any atom is -0.493 e. The second-order valence-corrected chi connectivity index (χ2v) is 7.66. The topological polar surface area (TPSA) is 89.0 Å². The summed E-state index contributed by atoms with van der Waals surface area (Å²) >= 11 is 0. The SMILES string of the molecule is COc1ccc(CCNC(=O)C/C(C)=N\NC(=O)Cc2cccc3ccccc23)cc1OC. The van der Waals surface area contributed by atoms with E-state index >= 15 is 0 Å². The minimum absolute atomic E-state index is 0.112. The molecule has 2 N–H and O–H groups in total. The monoisotopic (exact) mass is 447 g/mol. The molecule has 3 aromatic carbocycles. The number of rotatable bonds is 10. The number of carbonyl (C=O) groups is 2. The zero-order valence-corrected chi connectivity index (χ0v) is 19.2. The number of nitrogens with zero attached hydrogens (tertiary/aromatic N) is 1. The van der Waals surface area contributed by atoms with E-state index in [0.29, 0.717) is 30.2 Å². The average molecular weight is 448 g/mol. The predicted octanol–water partition coefficient (Wildman–Crippen LogP) is 3.64. The lowest BCUT2D eigenvalue weighted by Gasteiger charge is -2.10. The molecule has 0 aliphatic carbocycles. The van der Waals surface area contributed by atoms with Crippen LogP contribution in [0.3, 0.4) is 0 Å². The van der Waals surface area contributed by atoms with Gasteiger partial charge in [0.1, 0.15) is 0 Å². The molecular formula is C26H29N3O4. The number of ether oxygens (including phenoxy) is 2. The van der Waals surface area contributed by atoms with Gasteiger partial charge in [0.25, 0.3) is 0 Å². The third kappa shape index (κ3) is 6.80. The van der Waals surface area contributed by atoms with Gasteiger partial charge in [0.05, 0.1) is 27.1 Å². The maximum Gasteiger partial charge on any atom is 0.244 e. The van der Waals surface area contributed by atoms with Crippen molar-refractivity contribution in [2.45, 2.75) is 26.2 Å². The summed E-state index contributed by atoms with van der Waals surface area (Å²) < 4.78 is 10.5. The fourth-order valence-electron chi connectivity index (χ4n) is 3.53. The number of nitrogens with one attached hydrogen (secondary N) is 2. The van der Waals surface area contributed by atoms with E-state index in [9.17, 15) is 9.59 Å². The molecule has 0 heterocycles. The lowest BCUT2D eigenvalue weighted by Crippen LogP contribution is -2.28. The molecule has 7 nitrogen and oxygen atoms in total. The van der Waals surface area contributed by atoms with Crippen molar-refractivity contribution in [2.24, 2.45) is 5.10 Å². The Bertz CT molecular complexity index is 1150. The second kappa shape index (κ2) is 11.7. The number of methoxy groups -OCH3 is 2. The molecule has 3 rings (SSSR count). The highest BCUT2D eigenvalue weighted by Crippen LogP contribution is 2.27. The third-order valence-electron chi connectivity index (χ3n) is 5.20. The molecule has 2 amide bonds. The Labute approximate surface area is 193 Å². The molecule has 7 heteroatoms. The smallest absolute Gasteiger partial charge is 0.244 e. The standard InChI is InChI=1S/C26H29N3O4/c1-18(15-25(30)27-14-13-19-11-12-23(32-2)24(16-19)33-3)28-29-26(31)17-21-9-6-8-20-7-4-5-10-22(20)21/h4-12,16H,13-15,17H2,1-3H3,(H,27,30)(H,29,31)/b28-18-. The van der Waals surface area contributed by atoms with Crippen molar-refractivity contribution in [3.63, 3.8) is 0 Å². The predicted molar refractivity (Wildman–Crippen MR) is 130 cm³/mol. The Morgan fingerprint density at radius 3 is 2.45 bits per heavy atom. The molecule has 3 aromatic rings. The molecule has 0 bridgehead atoms. The molecule has 0 fully saturated rings. The molecular weight excluding hydrogens is 418 g/mol. The van der Waals surface area contributed by atoms with E-state index in [2.05, 4.69) is 15.8 Å². The van der Waals surface area contributed by atoms with Crippen molar-refractivity contribution >= 4 is 28.3 Å². The summed E-state index contributed by atoms with van der Waals surface area (Å²) in [6.45, 7) is 2.20. The van der Waals surface area contributed by atoms with Crippen molar-refractivity contribution in [3.8, 4) is 11.5 Å². The van der Waals surface area contributed by atoms with E-state index in [-0.39, 0.29) is 24.7 Å². The van der Waals surface area contributed by atoms with Crippen molar-refractivity contribution in [2.75, 3.05) is 20.8 Å². The van der Waals surface area contributed by atoms with Gasteiger partial charge in [0.15, 0.2) is 11.5 Å². The molecule has 0 aromatic heterocycles. The summed E-state index contributed by atoms with van der Waals surface area (Å²) in [4.78, 5) is 24.5. The van der Waals surface area contributed by atoms with Gasteiger partial charge in [-0.25, -0.2) is 5.43 Å². The molecule has 0 atom stereocenters. The van der Waals surface area contributed by atoms with E-state index in [4.69, 9.17) is 9.47 Å². The van der Waals surface area contributed by atoms with Crippen molar-refractivity contribution in [1.82, 2.24) is 10.7 Å². The van der Waals surface area contributed by atoms with E-state index in [1.165, 1.54) is 0 Å². The van der Waals surface area contributed by atoms with E-state index in [0.717, 1.165) is 21.9 Å². The lowest BCUT2D eigenvalue weighted by atomic mass is 10.0. The molecule has 0 aliphatic heterocycles. The van der Waals surface area contributed by atoms with Crippen LogP contribution in [0.1, 0.15) is 24.5 Å². The molecule has 0 radical (unpaired) electrons. The highest BCUT2D eigenvalue weighted by molar-refractivity contribution is 6.00. The Hall–Kier alpha value is -3.87. The fourth-order valence-corrected chi connectivity index (χ4v) is 3.53. The number of hydrogen-bond donors (Lipinski definition) is 2. The molecule has 33 heavy (non-hydrogen) atoms. The second-order valence-electron chi connectivity index (χ2n) is 7.66. The van der Waals surface area contributed by atoms with Gasteiger partial charge in [-0.2, -0.15) is 5.10 Å². The number of fused-ring (bicyclic) bond motifs is 1. The summed E-state index contributed by atoms with van der Waals surface area (Å²) in [7, 11) is 3.18. The number of amides is 2. The first kappa shape index (κ1) is 23.8. The summed E-state index contributed by atoms with van der Waals surface area (Å²) in [5.74, 6) is 0.947. The van der Waals surface area contributed by atoms with Crippen molar-refractivity contribution in [1.29, 1.82) is 0 Å².